The van der Waals surface area contributed by atoms with Gasteiger partial charge in [-0.3, -0.25) is 4.79 Å². The number of aryl methyl sites for hydroxylation is 1. The summed E-state index contributed by atoms with van der Waals surface area (Å²) in [6.45, 7) is 1.73. The Balaban J connectivity index is 3.17. The van der Waals surface area contributed by atoms with Gasteiger partial charge in [0.2, 0.25) is 0 Å². The van der Waals surface area contributed by atoms with E-state index in [1.54, 1.807) is 13.0 Å². The van der Waals surface area contributed by atoms with E-state index in [0.29, 0.717) is 5.56 Å². The fourth-order valence-electron chi connectivity index (χ4n) is 1.08. The van der Waals surface area contributed by atoms with Gasteiger partial charge in [0.1, 0.15) is 5.75 Å². The van der Waals surface area contributed by atoms with Gasteiger partial charge in [-0.05, 0) is 18.6 Å². The molecule has 0 bridgehead atoms. The second-order valence-corrected chi connectivity index (χ2v) is 3.17. The van der Waals surface area contributed by atoms with Crippen molar-refractivity contribution in [2.45, 2.75) is 13.3 Å². The Labute approximate surface area is 80.6 Å². The number of carboxylic acids is 1. The molecule has 0 atom stereocenters. The van der Waals surface area contributed by atoms with Gasteiger partial charge in [0, 0.05) is 5.56 Å². The lowest BCUT2D eigenvalue weighted by Gasteiger charge is -2.06. The zero-order valence-electron chi connectivity index (χ0n) is 7.04. The topological polar surface area (TPSA) is 57.5 Å². The number of phenolic OH excluding ortho intramolecular Hbond substituents is 1. The second-order valence-electron chi connectivity index (χ2n) is 2.76. The molecule has 0 saturated heterocycles. The monoisotopic (exact) mass is 200 g/mol. The maximum atomic E-state index is 10.4. The summed E-state index contributed by atoms with van der Waals surface area (Å²) in [4.78, 5) is 10.4. The molecule has 4 heteroatoms. The molecular weight excluding hydrogens is 192 g/mol. The van der Waals surface area contributed by atoms with Crippen molar-refractivity contribution in [3.8, 4) is 5.75 Å². The summed E-state index contributed by atoms with van der Waals surface area (Å²) in [5.74, 6) is -1.12. The van der Waals surface area contributed by atoms with Gasteiger partial charge in [0.05, 0.1) is 11.4 Å². The first kappa shape index (κ1) is 9.86. The number of phenols is 1. The summed E-state index contributed by atoms with van der Waals surface area (Å²) < 4.78 is 0. The quantitative estimate of drug-likeness (QED) is 0.768. The third-order valence-electron chi connectivity index (χ3n) is 1.80. The molecule has 0 aliphatic heterocycles. The molecule has 0 heterocycles. The van der Waals surface area contributed by atoms with Crippen molar-refractivity contribution in [1.82, 2.24) is 0 Å². The molecule has 0 saturated carbocycles. The Kier molecular flexibility index (Phi) is 2.78. The van der Waals surface area contributed by atoms with Crippen molar-refractivity contribution in [3.63, 3.8) is 0 Å². The largest absolute Gasteiger partial charge is 0.506 e. The van der Waals surface area contributed by atoms with Crippen molar-refractivity contribution in [1.29, 1.82) is 0 Å². The van der Waals surface area contributed by atoms with Crippen molar-refractivity contribution in [2.24, 2.45) is 0 Å². The molecule has 2 N–H and O–H groups in total. The Hall–Kier alpha value is -1.22. The number of aromatic hydroxyl groups is 1. The van der Waals surface area contributed by atoms with Gasteiger partial charge in [-0.2, -0.15) is 0 Å². The standard InChI is InChI=1S/C9H9ClO3/c1-5-2-3-7(10)9(13)6(5)4-8(11)12/h2-3,13H,4H2,1H3,(H,11,12). The van der Waals surface area contributed by atoms with Gasteiger partial charge in [-0.15, -0.1) is 0 Å². The highest BCUT2D eigenvalue weighted by Gasteiger charge is 2.11. The van der Waals surface area contributed by atoms with E-state index in [9.17, 15) is 9.90 Å². The Morgan fingerprint density at radius 3 is 2.69 bits per heavy atom. The first-order chi connectivity index (χ1) is 6.02. The van der Waals surface area contributed by atoms with Gasteiger partial charge in [-0.25, -0.2) is 0 Å². The molecule has 0 aliphatic rings. The minimum absolute atomic E-state index is 0.135. The summed E-state index contributed by atoms with van der Waals surface area (Å²) >= 11 is 5.63. The number of hydrogen-bond donors (Lipinski definition) is 2. The highest BCUT2D eigenvalue weighted by atomic mass is 35.5. The summed E-state index contributed by atoms with van der Waals surface area (Å²) in [5, 5.41) is 18.2. The van der Waals surface area contributed by atoms with E-state index in [1.165, 1.54) is 6.07 Å². The molecule has 0 unspecified atom stereocenters. The molecule has 13 heavy (non-hydrogen) atoms. The van der Waals surface area contributed by atoms with E-state index in [-0.39, 0.29) is 17.2 Å². The van der Waals surface area contributed by atoms with Crippen LogP contribution >= 0.6 is 11.6 Å². The van der Waals surface area contributed by atoms with Crippen LogP contribution in [-0.2, 0) is 11.2 Å². The molecule has 1 rings (SSSR count). The van der Waals surface area contributed by atoms with Crippen LogP contribution in [0.15, 0.2) is 12.1 Å². The van der Waals surface area contributed by atoms with E-state index in [2.05, 4.69) is 0 Å². The van der Waals surface area contributed by atoms with Gasteiger partial charge in [0.25, 0.3) is 0 Å². The maximum Gasteiger partial charge on any atom is 0.307 e. The number of halogens is 1. The van der Waals surface area contributed by atoms with Crippen molar-refractivity contribution in [3.05, 3.63) is 28.3 Å². The Bertz CT molecular complexity index is 347. The summed E-state index contributed by atoms with van der Waals surface area (Å²) in [5.41, 5.74) is 1.10. The molecule has 0 aromatic heterocycles. The number of hydrogen-bond acceptors (Lipinski definition) is 2. The minimum Gasteiger partial charge on any atom is -0.506 e. The van der Waals surface area contributed by atoms with E-state index >= 15 is 0 Å². The number of carbonyl (C=O) groups is 1. The number of carboxylic acid groups (broad SMARTS) is 1. The number of aliphatic carboxylic acids is 1. The predicted molar refractivity (Wildman–Crippen MR) is 49.2 cm³/mol. The number of rotatable bonds is 2. The third-order valence-corrected chi connectivity index (χ3v) is 2.10. The highest BCUT2D eigenvalue weighted by molar-refractivity contribution is 6.32. The molecule has 0 aliphatic carbocycles. The van der Waals surface area contributed by atoms with Crippen LogP contribution in [0.25, 0.3) is 0 Å². The zero-order chi connectivity index (χ0) is 10.0. The molecule has 70 valence electrons. The molecule has 0 fully saturated rings. The lowest BCUT2D eigenvalue weighted by atomic mass is 10.0. The van der Waals surface area contributed by atoms with Gasteiger partial charge < -0.3 is 10.2 Å². The third kappa shape index (κ3) is 2.12. The van der Waals surface area contributed by atoms with Gasteiger partial charge in [-0.1, -0.05) is 17.7 Å². The summed E-state index contributed by atoms with van der Waals surface area (Å²) in [7, 11) is 0. The van der Waals surface area contributed by atoms with Crippen LogP contribution in [-0.4, -0.2) is 16.2 Å². The average Bonchev–Trinajstić information content (AvgIpc) is 2.05. The molecule has 0 spiro atoms. The van der Waals surface area contributed by atoms with Crippen LogP contribution in [0.3, 0.4) is 0 Å². The van der Waals surface area contributed by atoms with Gasteiger partial charge in [0.15, 0.2) is 0 Å². The van der Waals surface area contributed by atoms with Crippen LogP contribution in [0.5, 0.6) is 5.75 Å². The van der Waals surface area contributed by atoms with Gasteiger partial charge >= 0.3 is 5.97 Å². The normalized spacial score (nSPS) is 10.0. The fraction of sp³-hybridized carbons (Fsp3) is 0.222. The summed E-state index contributed by atoms with van der Waals surface area (Å²) in [6, 6.07) is 3.22. The van der Waals surface area contributed by atoms with Crippen LogP contribution in [0.2, 0.25) is 5.02 Å². The molecule has 0 radical (unpaired) electrons. The van der Waals surface area contributed by atoms with E-state index < -0.39 is 5.97 Å². The van der Waals surface area contributed by atoms with E-state index in [0.717, 1.165) is 5.56 Å². The Morgan fingerprint density at radius 2 is 2.15 bits per heavy atom. The lowest BCUT2D eigenvalue weighted by molar-refractivity contribution is -0.136. The molecule has 0 amide bonds. The zero-order valence-corrected chi connectivity index (χ0v) is 7.80. The second kappa shape index (κ2) is 3.66. The van der Waals surface area contributed by atoms with Crippen LogP contribution in [0, 0.1) is 6.92 Å². The SMILES string of the molecule is Cc1ccc(Cl)c(O)c1CC(=O)O. The van der Waals surface area contributed by atoms with Crippen molar-refractivity contribution < 1.29 is 15.0 Å². The number of benzene rings is 1. The average molecular weight is 201 g/mol. The fourth-order valence-corrected chi connectivity index (χ4v) is 1.26. The lowest BCUT2D eigenvalue weighted by Crippen LogP contribution is -2.02. The smallest absolute Gasteiger partial charge is 0.307 e. The first-order valence-corrected chi connectivity index (χ1v) is 4.09. The van der Waals surface area contributed by atoms with Crippen LogP contribution in [0.4, 0.5) is 0 Å². The van der Waals surface area contributed by atoms with Crippen molar-refractivity contribution in [2.75, 3.05) is 0 Å². The first-order valence-electron chi connectivity index (χ1n) is 3.71. The van der Waals surface area contributed by atoms with E-state index in [4.69, 9.17) is 16.7 Å². The summed E-state index contributed by atoms with van der Waals surface area (Å²) in [6.07, 6.45) is -0.210. The Morgan fingerprint density at radius 1 is 1.54 bits per heavy atom. The molecule has 1 aromatic rings. The molecule has 3 nitrogen and oxygen atoms in total. The molecule has 1 aromatic carbocycles. The van der Waals surface area contributed by atoms with Crippen molar-refractivity contribution >= 4 is 17.6 Å². The highest BCUT2D eigenvalue weighted by Crippen LogP contribution is 2.29. The van der Waals surface area contributed by atoms with Crippen LogP contribution < -0.4 is 0 Å². The van der Waals surface area contributed by atoms with Crippen LogP contribution in [0.1, 0.15) is 11.1 Å². The van der Waals surface area contributed by atoms with E-state index in [1.807, 2.05) is 0 Å². The predicted octanol–water partition coefficient (Wildman–Crippen LogP) is 1.98. The molecular formula is C9H9ClO3. The minimum atomic E-state index is -0.985. The maximum absolute atomic E-state index is 10.4.